The van der Waals surface area contributed by atoms with E-state index in [0.29, 0.717) is 6.42 Å². The van der Waals surface area contributed by atoms with Gasteiger partial charge in [-0.2, -0.15) is 0 Å². The summed E-state index contributed by atoms with van der Waals surface area (Å²) in [4.78, 5) is 15.9. The first kappa shape index (κ1) is 9.59. The van der Waals surface area contributed by atoms with Crippen molar-refractivity contribution in [3.63, 3.8) is 0 Å². The van der Waals surface area contributed by atoms with Crippen molar-refractivity contribution in [2.24, 2.45) is 0 Å². The van der Waals surface area contributed by atoms with Crippen LogP contribution in [0.15, 0.2) is 24.4 Å². The van der Waals surface area contributed by atoms with Gasteiger partial charge in [0.05, 0.1) is 5.69 Å². The van der Waals surface area contributed by atoms with Gasteiger partial charge >= 0.3 is 0 Å². The molecule has 0 aliphatic heterocycles. The average molecular weight is 252 g/mol. The van der Waals surface area contributed by atoms with Crippen molar-refractivity contribution in [3.05, 3.63) is 35.7 Å². The van der Waals surface area contributed by atoms with Gasteiger partial charge in [0.2, 0.25) is 0 Å². The zero-order chi connectivity index (χ0) is 9.97. The number of pyridine rings is 1. The minimum atomic E-state index is 0.202. The average Bonchev–Trinajstić information content (AvgIpc) is 2.61. The number of carbonyl (C=O) groups is 1. The highest BCUT2D eigenvalue weighted by Crippen LogP contribution is 2.26. The van der Waals surface area contributed by atoms with E-state index in [1.54, 1.807) is 6.20 Å². The van der Waals surface area contributed by atoms with Gasteiger partial charge in [0.1, 0.15) is 0 Å². The number of rotatable bonds is 3. The fraction of sp³-hybridized carbons (Fsp3) is 0.273. The molecule has 1 aliphatic rings. The lowest BCUT2D eigenvalue weighted by molar-refractivity contribution is -0.113. The van der Waals surface area contributed by atoms with Gasteiger partial charge in [-0.3, -0.25) is 9.78 Å². The molecule has 0 unspecified atom stereocenters. The number of nitrogens with zero attached hydrogens (tertiary/aromatic N) is 1. The topological polar surface area (TPSA) is 30.0 Å². The number of hydrogen-bond acceptors (Lipinski definition) is 2. The third-order valence-electron chi connectivity index (χ3n) is 2.30. The van der Waals surface area contributed by atoms with Crippen LogP contribution in [0.1, 0.15) is 17.7 Å². The SMILES string of the molecule is O=C(CCBr)C1=CCc2ncccc21. The van der Waals surface area contributed by atoms with E-state index in [9.17, 15) is 4.79 Å². The quantitative estimate of drug-likeness (QED) is 0.773. The zero-order valence-electron chi connectivity index (χ0n) is 7.66. The monoisotopic (exact) mass is 251 g/mol. The second-order valence-electron chi connectivity index (χ2n) is 3.18. The molecule has 0 saturated carbocycles. The van der Waals surface area contributed by atoms with Crippen LogP contribution in [0.5, 0.6) is 0 Å². The van der Waals surface area contributed by atoms with Crippen LogP contribution in [0.25, 0.3) is 5.57 Å². The van der Waals surface area contributed by atoms with Crippen LogP contribution in [0.2, 0.25) is 0 Å². The number of alkyl halides is 1. The third kappa shape index (κ3) is 1.64. The van der Waals surface area contributed by atoms with Gasteiger partial charge in [-0.1, -0.05) is 28.1 Å². The molecule has 0 aromatic carbocycles. The number of fused-ring (bicyclic) bond motifs is 1. The van der Waals surface area contributed by atoms with Crippen molar-refractivity contribution in [1.29, 1.82) is 0 Å². The predicted molar refractivity (Wildman–Crippen MR) is 59.3 cm³/mol. The van der Waals surface area contributed by atoms with E-state index >= 15 is 0 Å². The first-order chi connectivity index (χ1) is 6.83. The van der Waals surface area contributed by atoms with Gasteiger partial charge in [0.15, 0.2) is 5.78 Å². The van der Waals surface area contributed by atoms with Gasteiger partial charge in [-0.25, -0.2) is 0 Å². The van der Waals surface area contributed by atoms with Crippen LogP contribution >= 0.6 is 15.9 Å². The molecule has 0 atom stereocenters. The lowest BCUT2D eigenvalue weighted by Crippen LogP contribution is -2.01. The number of aromatic nitrogens is 1. The van der Waals surface area contributed by atoms with Gasteiger partial charge in [0.25, 0.3) is 0 Å². The van der Waals surface area contributed by atoms with Gasteiger partial charge in [0, 0.05) is 35.5 Å². The maximum absolute atomic E-state index is 11.7. The molecule has 0 saturated heterocycles. The van der Waals surface area contributed by atoms with Crippen LogP contribution < -0.4 is 0 Å². The lowest BCUT2D eigenvalue weighted by atomic mass is 10.0. The van der Waals surface area contributed by atoms with E-state index in [4.69, 9.17) is 0 Å². The Morgan fingerprint density at radius 1 is 1.57 bits per heavy atom. The minimum absolute atomic E-state index is 0.202. The molecule has 3 heteroatoms. The lowest BCUT2D eigenvalue weighted by Gasteiger charge is -2.02. The van der Waals surface area contributed by atoms with Gasteiger partial charge in [-0.05, 0) is 6.07 Å². The Morgan fingerprint density at radius 2 is 2.43 bits per heavy atom. The summed E-state index contributed by atoms with van der Waals surface area (Å²) in [6.45, 7) is 0. The Labute approximate surface area is 91.2 Å². The molecule has 0 bridgehead atoms. The minimum Gasteiger partial charge on any atom is -0.294 e. The summed E-state index contributed by atoms with van der Waals surface area (Å²) in [5, 5.41) is 0.721. The second kappa shape index (κ2) is 4.05. The molecule has 2 nitrogen and oxygen atoms in total. The molecule has 1 aliphatic carbocycles. The number of carbonyl (C=O) groups excluding carboxylic acids is 1. The molecular formula is C11H10BrNO. The molecule has 0 spiro atoms. The summed E-state index contributed by atoms with van der Waals surface area (Å²) >= 11 is 3.27. The van der Waals surface area contributed by atoms with Crippen molar-refractivity contribution in [2.75, 3.05) is 5.33 Å². The van der Waals surface area contributed by atoms with Crippen molar-refractivity contribution >= 4 is 27.3 Å². The van der Waals surface area contributed by atoms with Gasteiger partial charge < -0.3 is 0 Å². The van der Waals surface area contributed by atoms with Crippen molar-refractivity contribution in [3.8, 4) is 0 Å². The molecule has 2 rings (SSSR count). The highest BCUT2D eigenvalue weighted by Gasteiger charge is 2.19. The Bertz CT molecular complexity index is 398. The molecule has 72 valence electrons. The number of allylic oxidation sites excluding steroid dienone is 2. The number of Topliss-reactive ketones (excluding diaryl/α,β-unsaturated/α-hetero) is 1. The van der Waals surface area contributed by atoms with E-state index in [1.165, 1.54) is 0 Å². The molecule has 0 fully saturated rings. The van der Waals surface area contributed by atoms with Crippen molar-refractivity contribution in [2.45, 2.75) is 12.8 Å². The summed E-state index contributed by atoms with van der Waals surface area (Å²) < 4.78 is 0. The molecule has 1 heterocycles. The van der Waals surface area contributed by atoms with Gasteiger partial charge in [-0.15, -0.1) is 0 Å². The van der Waals surface area contributed by atoms with Crippen LogP contribution in [0.3, 0.4) is 0 Å². The molecule has 1 aromatic rings. The molecule has 1 aromatic heterocycles. The van der Waals surface area contributed by atoms with E-state index < -0.39 is 0 Å². The summed E-state index contributed by atoms with van der Waals surface area (Å²) in [5.41, 5.74) is 2.87. The second-order valence-corrected chi connectivity index (χ2v) is 3.97. The van der Waals surface area contributed by atoms with Crippen LogP contribution in [-0.4, -0.2) is 16.1 Å². The van der Waals surface area contributed by atoms with Crippen molar-refractivity contribution in [1.82, 2.24) is 4.98 Å². The fourth-order valence-electron chi connectivity index (χ4n) is 1.64. The largest absolute Gasteiger partial charge is 0.294 e. The standard InChI is InChI=1S/C11H10BrNO/c12-6-5-11(14)9-3-4-10-8(9)2-1-7-13-10/h1-3,7H,4-6H2. The first-order valence-electron chi connectivity index (χ1n) is 4.56. The predicted octanol–water partition coefficient (Wildman–Crippen LogP) is 2.38. The zero-order valence-corrected chi connectivity index (χ0v) is 9.25. The van der Waals surface area contributed by atoms with E-state index in [1.807, 2.05) is 18.2 Å². The van der Waals surface area contributed by atoms with Crippen molar-refractivity contribution < 1.29 is 4.79 Å². The fourth-order valence-corrected chi connectivity index (χ4v) is 2.00. The van der Waals surface area contributed by atoms with Crippen LogP contribution in [-0.2, 0) is 11.2 Å². The normalized spacial score (nSPS) is 13.6. The number of hydrogen-bond donors (Lipinski definition) is 0. The smallest absolute Gasteiger partial charge is 0.164 e. The molecule has 0 radical (unpaired) electrons. The Kier molecular flexibility index (Phi) is 2.77. The molecule has 0 N–H and O–H groups in total. The Hall–Kier alpha value is -0.960. The Balaban J connectivity index is 2.29. The summed E-state index contributed by atoms with van der Waals surface area (Å²) in [6.07, 6.45) is 5.09. The van der Waals surface area contributed by atoms with E-state index in [-0.39, 0.29) is 5.78 Å². The number of ketones is 1. The maximum Gasteiger partial charge on any atom is 0.164 e. The highest BCUT2D eigenvalue weighted by atomic mass is 79.9. The molecular weight excluding hydrogens is 242 g/mol. The third-order valence-corrected chi connectivity index (χ3v) is 2.70. The molecule has 14 heavy (non-hydrogen) atoms. The maximum atomic E-state index is 11.7. The van der Waals surface area contributed by atoms with E-state index in [0.717, 1.165) is 28.6 Å². The highest BCUT2D eigenvalue weighted by molar-refractivity contribution is 9.09. The summed E-state index contributed by atoms with van der Waals surface area (Å²) in [5.74, 6) is 0.202. The first-order valence-corrected chi connectivity index (χ1v) is 5.68. The number of halogens is 1. The summed E-state index contributed by atoms with van der Waals surface area (Å²) in [7, 11) is 0. The summed E-state index contributed by atoms with van der Waals surface area (Å²) in [6, 6.07) is 3.84. The Morgan fingerprint density at radius 3 is 3.21 bits per heavy atom. The molecule has 0 amide bonds. The van der Waals surface area contributed by atoms with E-state index in [2.05, 4.69) is 20.9 Å². The van der Waals surface area contributed by atoms with Crippen LogP contribution in [0, 0.1) is 0 Å². The van der Waals surface area contributed by atoms with Crippen LogP contribution in [0.4, 0.5) is 0 Å².